The van der Waals surface area contributed by atoms with Crippen molar-refractivity contribution in [3.63, 3.8) is 0 Å². The highest BCUT2D eigenvalue weighted by Crippen LogP contribution is 2.35. The van der Waals surface area contributed by atoms with Gasteiger partial charge in [-0.1, -0.05) is 76.9 Å². The summed E-state index contributed by atoms with van der Waals surface area (Å²) in [6.45, 7) is 3.66. The molecule has 0 radical (unpaired) electrons. The van der Waals surface area contributed by atoms with Crippen LogP contribution in [0.5, 0.6) is 0 Å². The Morgan fingerprint density at radius 2 is 1.44 bits per heavy atom. The Bertz CT molecular complexity index is 421. The van der Waals surface area contributed by atoms with Gasteiger partial charge < -0.3 is 14.9 Å². The van der Waals surface area contributed by atoms with Gasteiger partial charge in [0, 0.05) is 0 Å². The van der Waals surface area contributed by atoms with Gasteiger partial charge in [-0.15, -0.1) is 0 Å². The van der Waals surface area contributed by atoms with Gasteiger partial charge >= 0.3 is 5.97 Å². The number of rotatable bonds is 16. The third kappa shape index (κ3) is 9.25. The third-order valence-electron chi connectivity index (χ3n) is 5.76. The first-order valence-electron chi connectivity index (χ1n) is 11.2. The lowest BCUT2D eigenvalue weighted by molar-refractivity contribution is -0.151. The van der Waals surface area contributed by atoms with Gasteiger partial charge in [0.25, 0.3) is 0 Å². The number of hydrogen-bond acceptors (Lipinski definition) is 4. The van der Waals surface area contributed by atoms with E-state index >= 15 is 0 Å². The highest BCUT2D eigenvalue weighted by atomic mass is 16.6. The molecule has 0 bridgehead atoms. The summed E-state index contributed by atoms with van der Waals surface area (Å²) in [5.74, 6) is -1.24. The molecule has 0 unspecified atom stereocenters. The summed E-state index contributed by atoms with van der Waals surface area (Å²) in [5.41, 5.74) is -0.823. The lowest BCUT2D eigenvalue weighted by atomic mass is 9.87. The van der Waals surface area contributed by atoms with Crippen LogP contribution in [0.2, 0.25) is 0 Å². The molecule has 0 aromatic rings. The summed E-state index contributed by atoms with van der Waals surface area (Å²) in [7, 11) is 0. The van der Waals surface area contributed by atoms with Crippen molar-refractivity contribution >= 4 is 5.97 Å². The number of aliphatic hydroxyl groups is 2. The summed E-state index contributed by atoms with van der Waals surface area (Å²) in [4.78, 5) is 11.6. The zero-order chi connectivity index (χ0) is 20.0. The van der Waals surface area contributed by atoms with Crippen LogP contribution >= 0.6 is 0 Å². The average molecular weight is 383 g/mol. The van der Waals surface area contributed by atoms with Gasteiger partial charge in [-0.25, -0.2) is 0 Å². The molecule has 27 heavy (non-hydrogen) atoms. The number of esters is 1. The number of carbonyl (C=O) groups is 1. The van der Waals surface area contributed by atoms with E-state index in [2.05, 4.69) is 19.1 Å². The van der Waals surface area contributed by atoms with Crippen LogP contribution in [0.25, 0.3) is 0 Å². The lowest BCUT2D eigenvalue weighted by Crippen LogP contribution is -2.39. The van der Waals surface area contributed by atoms with Gasteiger partial charge in [0.1, 0.15) is 17.6 Å². The largest absolute Gasteiger partial charge is 0.456 e. The number of cyclic esters (lactones) is 1. The maximum atomic E-state index is 11.6. The van der Waals surface area contributed by atoms with E-state index in [1.807, 2.05) is 0 Å². The zero-order valence-electron chi connectivity index (χ0n) is 17.6. The van der Waals surface area contributed by atoms with E-state index in [-0.39, 0.29) is 6.61 Å². The van der Waals surface area contributed by atoms with Crippen molar-refractivity contribution in [3.05, 3.63) is 12.2 Å². The van der Waals surface area contributed by atoms with Crippen LogP contribution in [-0.2, 0) is 9.53 Å². The van der Waals surface area contributed by atoms with Crippen molar-refractivity contribution in [2.45, 2.75) is 115 Å². The minimum Gasteiger partial charge on any atom is -0.456 e. The van der Waals surface area contributed by atoms with Gasteiger partial charge in [0.05, 0.1) is 6.61 Å². The van der Waals surface area contributed by atoms with Crippen LogP contribution in [0.3, 0.4) is 0 Å². The van der Waals surface area contributed by atoms with Gasteiger partial charge in [0.2, 0.25) is 0 Å². The smallest absolute Gasteiger partial charge is 0.314 e. The predicted molar refractivity (Wildman–Crippen MR) is 111 cm³/mol. The Labute approximate surface area is 166 Å². The van der Waals surface area contributed by atoms with Crippen LogP contribution in [0.15, 0.2) is 12.2 Å². The van der Waals surface area contributed by atoms with Crippen molar-refractivity contribution in [2.24, 2.45) is 5.92 Å². The van der Waals surface area contributed by atoms with E-state index in [0.29, 0.717) is 6.42 Å². The van der Waals surface area contributed by atoms with Crippen molar-refractivity contribution in [2.75, 3.05) is 6.61 Å². The van der Waals surface area contributed by atoms with Crippen LogP contribution in [-0.4, -0.2) is 34.5 Å². The Hall–Kier alpha value is -0.870. The summed E-state index contributed by atoms with van der Waals surface area (Å²) in [5, 5.41) is 19.4. The zero-order valence-corrected chi connectivity index (χ0v) is 17.6. The molecule has 0 aromatic heterocycles. The van der Waals surface area contributed by atoms with Gasteiger partial charge in [-0.05, 0) is 39.0 Å². The highest BCUT2D eigenvalue weighted by molar-refractivity contribution is 5.76. The fourth-order valence-electron chi connectivity index (χ4n) is 3.85. The Morgan fingerprint density at radius 3 is 1.96 bits per heavy atom. The van der Waals surface area contributed by atoms with Gasteiger partial charge in [-0.3, -0.25) is 4.79 Å². The molecule has 4 nitrogen and oxygen atoms in total. The van der Waals surface area contributed by atoms with Crippen molar-refractivity contribution in [1.82, 2.24) is 0 Å². The third-order valence-corrected chi connectivity index (χ3v) is 5.76. The first-order chi connectivity index (χ1) is 13.0. The first-order valence-corrected chi connectivity index (χ1v) is 11.2. The molecule has 1 aliphatic heterocycles. The van der Waals surface area contributed by atoms with Crippen LogP contribution in [0.4, 0.5) is 0 Å². The minimum atomic E-state index is -0.892. The molecule has 1 fully saturated rings. The first kappa shape index (κ1) is 24.2. The second-order valence-corrected chi connectivity index (χ2v) is 8.30. The van der Waals surface area contributed by atoms with Gasteiger partial charge in [0.15, 0.2) is 0 Å². The molecule has 0 saturated carbocycles. The predicted octanol–water partition coefficient (Wildman–Crippen LogP) is 5.31. The maximum Gasteiger partial charge on any atom is 0.314 e. The number of allylic oxidation sites excluding steroid dienone is 2. The molecule has 0 aromatic carbocycles. The van der Waals surface area contributed by atoms with E-state index in [1.54, 1.807) is 6.92 Å². The summed E-state index contributed by atoms with van der Waals surface area (Å²) < 4.78 is 5.33. The molecule has 158 valence electrons. The van der Waals surface area contributed by atoms with E-state index in [1.165, 1.54) is 70.6 Å². The summed E-state index contributed by atoms with van der Waals surface area (Å²) in [6.07, 6.45) is 20.7. The number of unbranched alkanes of at least 4 members (excludes halogenated alkanes) is 11. The molecule has 0 spiro atoms. The number of aliphatic hydroxyl groups excluding tert-OH is 2. The van der Waals surface area contributed by atoms with Crippen LogP contribution in [0, 0.1) is 5.92 Å². The fraction of sp³-hybridized carbons (Fsp3) is 0.870. The van der Waals surface area contributed by atoms with E-state index in [0.717, 1.165) is 12.8 Å². The molecule has 1 heterocycles. The molecule has 1 aliphatic rings. The molecular weight excluding hydrogens is 340 g/mol. The number of carbonyl (C=O) groups excluding carboxylic acids is 1. The number of ether oxygens (including phenoxy) is 1. The highest BCUT2D eigenvalue weighted by Gasteiger charge is 2.51. The summed E-state index contributed by atoms with van der Waals surface area (Å²) >= 11 is 0. The quantitative estimate of drug-likeness (QED) is 0.216. The van der Waals surface area contributed by atoms with Crippen molar-refractivity contribution < 1.29 is 19.7 Å². The normalized spacial score (nSPS) is 25.4. The Balaban J connectivity index is 1.91. The molecule has 3 atom stereocenters. The van der Waals surface area contributed by atoms with Crippen LogP contribution in [0.1, 0.15) is 104 Å². The van der Waals surface area contributed by atoms with Crippen LogP contribution < -0.4 is 0 Å². The summed E-state index contributed by atoms with van der Waals surface area (Å²) in [6, 6.07) is 0. The molecule has 0 aliphatic carbocycles. The maximum absolute atomic E-state index is 11.6. The topological polar surface area (TPSA) is 66.8 Å². The van der Waals surface area contributed by atoms with E-state index < -0.39 is 23.6 Å². The Morgan fingerprint density at radius 1 is 0.926 bits per heavy atom. The Kier molecular flexibility index (Phi) is 12.7. The number of hydrogen-bond donors (Lipinski definition) is 2. The monoisotopic (exact) mass is 382 g/mol. The van der Waals surface area contributed by atoms with E-state index in [4.69, 9.17) is 4.74 Å². The molecule has 2 N–H and O–H groups in total. The molecular formula is C23H42O4. The van der Waals surface area contributed by atoms with Crippen molar-refractivity contribution in [3.8, 4) is 0 Å². The van der Waals surface area contributed by atoms with E-state index in [9.17, 15) is 15.0 Å². The average Bonchev–Trinajstić information content (AvgIpc) is 2.86. The molecule has 0 amide bonds. The van der Waals surface area contributed by atoms with Crippen molar-refractivity contribution in [1.29, 1.82) is 0 Å². The molecule has 1 rings (SSSR count). The minimum absolute atomic E-state index is 0.342. The lowest BCUT2D eigenvalue weighted by Gasteiger charge is -2.27. The second kappa shape index (κ2) is 14.2. The molecule has 4 heteroatoms. The second-order valence-electron chi connectivity index (χ2n) is 8.30. The SMILES string of the molecule is CCC/C=C/CCCCCCCCCCCC[C@]1(C)OC(=O)[C@@H](CO)[C@@H]1O. The standard InChI is InChI=1S/C23H42O4/c1-3-4-5-6-7-8-9-10-11-12-13-14-15-16-17-18-23(2)21(25)20(19-24)22(26)27-23/h5-6,20-21,24-25H,3-4,7-19H2,1-2H3/b6-5+/t20-,21-,23-/m0/s1. The fourth-order valence-corrected chi connectivity index (χ4v) is 3.85. The molecule has 1 saturated heterocycles. The van der Waals surface area contributed by atoms with Gasteiger partial charge in [-0.2, -0.15) is 0 Å².